The zero-order chi connectivity index (χ0) is 16.6. The maximum Gasteiger partial charge on any atom is 0.168 e. The summed E-state index contributed by atoms with van der Waals surface area (Å²) in [5.41, 5.74) is 1.31. The molecule has 1 aromatic carbocycles. The van der Waals surface area contributed by atoms with Crippen molar-refractivity contribution in [2.24, 2.45) is 16.3 Å². The van der Waals surface area contributed by atoms with Crippen LogP contribution in [0.5, 0.6) is 0 Å². The fourth-order valence-electron chi connectivity index (χ4n) is 3.16. The van der Waals surface area contributed by atoms with E-state index in [2.05, 4.69) is 4.99 Å². The summed E-state index contributed by atoms with van der Waals surface area (Å²) in [6, 6.07) is 7.75. The number of carbonyl (C=O) groups excluding carboxylic acids is 1. The molecule has 0 amide bonds. The molecule has 0 radical (unpaired) electrons. The Bertz CT molecular complexity index is 669. The number of allylic oxidation sites excluding steroid dienone is 2. The van der Waals surface area contributed by atoms with E-state index in [1.807, 2.05) is 38.1 Å². The lowest BCUT2D eigenvalue weighted by Gasteiger charge is -2.28. The average molecular weight is 332 g/mol. The first-order valence-electron chi connectivity index (χ1n) is 8.10. The highest BCUT2D eigenvalue weighted by Crippen LogP contribution is 2.44. The van der Waals surface area contributed by atoms with Crippen LogP contribution in [0.4, 0.5) is 0 Å². The van der Waals surface area contributed by atoms with Crippen LogP contribution in [-0.2, 0) is 4.79 Å². The molecule has 0 aliphatic heterocycles. The Kier molecular flexibility index (Phi) is 4.33. The number of halogens is 1. The minimum atomic E-state index is -0.176. The van der Waals surface area contributed by atoms with Gasteiger partial charge in [0.05, 0.1) is 11.6 Å². The Morgan fingerprint density at radius 3 is 2.48 bits per heavy atom. The second-order valence-corrected chi connectivity index (χ2v) is 7.85. The van der Waals surface area contributed by atoms with E-state index in [-0.39, 0.29) is 23.0 Å². The summed E-state index contributed by atoms with van der Waals surface area (Å²) in [5, 5.41) is 10.9. The zero-order valence-electron chi connectivity index (χ0n) is 13.6. The smallest absolute Gasteiger partial charge is 0.168 e. The Hall–Kier alpha value is -1.61. The van der Waals surface area contributed by atoms with E-state index in [9.17, 15) is 9.90 Å². The van der Waals surface area contributed by atoms with Crippen molar-refractivity contribution in [2.75, 3.05) is 0 Å². The first kappa shape index (κ1) is 16.3. The molecule has 3 nitrogen and oxygen atoms in total. The molecule has 1 aromatic rings. The number of hydrogen-bond acceptors (Lipinski definition) is 3. The molecular formula is C19H22ClNO2. The average Bonchev–Trinajstić information content (AvgIpc) is 3.27. The van der Waals surface area contributed by atoms with Crippen LogP contribution in [0.15, 0.2) is 40.6 Å². The third kappa shape index (κ3) is 3.84. The van der Waals surface area contributed by atoms with Gasteiger partial charge in [-0.1, -0.05) is 37.6 Å². The molecule has 122 valence electrons. The SMILES string of the molecule is CC1(C)CC(=O)C(C=N[C@@H](c2ccc(Cl)cc2)C2CC2)=C(O)C1. The van der Waals surface area contributed by atoms with E-state index in [1.165, 1.54) is 0 Å². The molecule has 2 aliphatic rings. The molecule has 1 fully saturated rings. The summed E-state index contributed by atoms with van der Waals surface area (Å²) in [6.07, 6.45) is 4.86. The number of rotatable bonds is 4. The van der Waals surface area contributed by atoms with Gasteiger partial charge >= 0.3 is 0 Å². The monoisotopic (exact) mass is 331 g/mol. The third-order valence-corrected chi connectivity index (χ3v) is 4.79. The number of aliphatic hydroxyl groups is 1. The van der Waals surface area contributed by atoms with E-state index in [0.29, 0.717) is 29.4 Å². The summed E-state index contributed by atoms with van der Waals surface area (Å²) in [6.45, 7) is 3.99. The van der Waals surface area contributed by atoms with Crippen molar-refractivity contribution in [1.29, 1.82) is 0 Å². The molecule has 2 aliphatic carbocycles. The summed E-state index contributed by atoms with van der Waals surface area (Å²) in [5.74, 6) is 0.666. The van der Waals surface area contributed by atoms with Crippen LogP contribution in [0.2, 0.25) is 5.02 Å². The number of benzene rings is 1. The standard InChI is InChI=1S/C19H22ClNO2/c1-19(2)9-16(22)15(17(23)10-19)11-21-18(12-3-4-12)13-5-7-14(20)8-6-13/h5-8,11-12,18,22H,3-4,9-10H2,1-2H3/t18-/m1/s1. The van der Waals surface area contributed by atoms with Gasteiger partial charge in [0.25, 0.3) is 0 Å². The zero-order valence-corrected chi connectivity index (χ0v) is 14.3. The number of hydrogen-bond donors (Lipinski definition) is 1. The minimum Gasteiger partial charge on any atom is -0.511 e. The normalized spacial score (nSPS) is 22.7. The number of carbonyl (C=O) groups is 1. The quantitative estimate of drug-likeness (QED) is 0.784. The van der Waals surface area contributed by atoms with Gasteiger partial charge in [-0.05, 0) is 41.9 Å². The molecule has 1 atom stereocenters. The van der Waals surface area contributed by atoms with Crippen molar-refractivity contribution < 1.29 is 9.90 Å². The molecular weight excluding hydrogens is 310 g/mol. The van der Waals surface area contributed by atoms with Crippen LogP contribution in [-0.4, -0.2) is 17.1 Å². The van der Waals surface area contributed by atoms with Crippen molar-refractivity contribution in [3.8, 4) is 0 Å². The summed E-state index contributed by atoms with van der Waals surface area (Å²) in [7, 11) is 0. The number of Topliss-reactive ketones (excluding diaryl/α,β-unsaturated/α-hetero) is 1. The Morgan fingerprint density at radius 1 is 1.26 bits per heavy atom. The van der Waals surface area contributed by atoms with E-state index < -0.39 is 0 Å². The van der Waals surface area contributed by atoms with Gasteiger partial charge < -0.3 is 5.11 Å². The Balaban J connectivity index is 1.84. The van der Waals surface area contributed by atoms with Crippen LogP contribution in [0.1, 0.15) is 51.1 Å². The fourth-order valence-corrected chi connectivity index (χ4v) is 3.28. The molecule has 0 unspecified atom stereocenters. The van der Waals surface area contributed by atoms with Crippen LogP contribution in [0, 0.1) is 11.3 Å². The Labute approximate surface area is 142 Å². The largest absolute Gasteiger partial charge is 0.511 e. The fraction of sp³-hybridized carbons (Fsp3) is 0.474. The summed E-state index contributed by atoms with van der Waals surface area (Å²) >= 11 is 5.95. The number of aliphatic hydroxyl groups excluding tert-OH is 1. The number of ketones is 1. The van der Waals surface area contributed by atoms with Crippen molar-refractivity contribution in [2.45, 2.75) is 45.6 Å². The van der Waals surface area contributed by atoms with Gasteiger partial charge in [-0.2, -0.15) is 0 Å². The van der Waals surface area contributed by atoms with E-state index in [4.69, 9.17) is 11.6 Å². The molecule has 4 heteroatoms. The lowest BCUT2D eigenvalue weighted by Crippen LogP contribution is -2.26. The minimum absolute atomic E-state index is 0.0202. The van der Waals surface area contributed by atoms with Gasteiger partial charge in [-0.15, -0.1) is 0 Å². The third-order valence-electron chi connectivity index (χ3n) is 4.54. The molecule has 3 rings (SSSR count). The van der Waals surface area contributed by atoms with E-state index in [0.717, 1.165) is 18.4 Å². The maximum absolute atomic E-state index is 12.3. The molecule has 0 heterocycles. The highest BCUT2D eigenvalue weighted by Gasteiger charge is 2.34. The second-order valence-electron chi connectivity index (χ2n) is 7.41. The first-order chi connectivity index (χ1) is 10.9. The van der Waals surface area contributed by atoms with Crippen molar-refractivity contribution in [3.05, 3.63) is 46.2 Å². The van der Waals surface area contributed by atoms with Gasteiger partial charge in [0.15, 0.2) is 5.78 Å². The van der Waals surface area contributed by atoms with Crippen LogP contribution in [0.25, 0.3) is 0 Å². The maximum atomic E-state index is 12.3. The molecule has 1 saturated carbocycles. The van der Waals surface area contributed by atoms with Crippen molar-refractivity contribution in [3.63, 3.8) is 0 Å². The highest BCUT2D eigenvalue weighted by atomic mass is 35.5. The second kappa shape index (κ2) is 6.12. The lowest BCUT2D eigenvalue weighted by atomic mass is 9.77. The lowest BCUT2D eigenvalue weighted by molar-refractivity contribution is -0.117. The Morgan fingerprint density at radius 2 is 1.91 bits per heavy atom. The number of aliphatic imine (C=N–C) groups is 1. The predicted molar refractivity (Wildman–Crippen MR) is 93.1 cm³/mol. The van der Waals surface area contributed by atoms with E-state index in [1.54, 1.807) is 6.21 Å². The molecule has 0 bridgehead atoms. The number of nitrogens with zero attached hydrogens (tertiary/aromatic N) is 1. The predicted octanol–water partition coefficient (Wildman–Crippen LogP) is 5.06. The van der Waals surface area contributed by atoms with Crippen LogP contribution in [0.3, 0.4) is 0 Å². The van der Waals surface area contributed by atoms with Crippen molar-refractivity contribution >= 4 is 23.6 Å². The van der Waals surface area contributed by atoms with Gasteiger partial charge in [0, 0.05) is 24.1 Å². The molecule has 23 heavy (non-hydrogen) atoms. The van der Waals surface area contributed by atoms with Crippen LogP contribution < -0.4 is 0 Å². The van der Waals surface area contributed by atoms with Gasteiger partial charge in [0.2, 0.25) is 0 Å². The van der Waals surface area contributed by atoms with Gasteiger partial charge in [0.1, 0.15) is 5.76 Å². The molecule has 0 aromatic heterocycles. The summed E-state index contributed by atoms with van der Waals surface area (Å²) in [4.78, 5) is 16.9. The van der Waals surface area contributed by atoms with Gasteiger partial charge in [-0.3, -0.25) is 9.79 Å². The molecule has 0 saturated heterocycles. The molecule has 0 spiro atoms. The van der Waals surface area contributed by atoms with Crippen LogP contribution >= 0.6 is 11.6 Å². The first-order valence-corrected chi connectivity index (χ1v) is 8.47. The summed E-state index contributed by atoms with van der Waals surface area (Å²) < 4.78 is 0. The highest BCUT2D eigenvalue weighted by molar-refractivity contribution is 6.30. The van der Waals surface area contributed by atoms with Gasteiger partial charge in [-0.25, -0.2) is 0 Å². The topological polar surface area (TPSA) is 49.7 Å². The van der Waals surface area contributed by atoms with E-state index >= 15 is 0 Å². The van der Waals surface area contributed by atoms with Crippen molar-refractivity contribution in [1.82, 2.24) is 0 Å². The molecule has 1 N–H and O–H groups in total.